The fraction of sp³-hybridized carbons (Fsp3) is 1.00. The van der Waals surface area contributed by atoms with Crippen molar-refractivity contribution in [3.8, 4) is 0 Å². The van der Waals surface area contributed by atoms with Crippen LogP contribution in [0.5, 0.6) is 0 Å². The topological polar surface area (TPSA) is 60.2 Å². The minimum absolute atomic E-state index is 0.166. The highest BCUT2D eigenvalue weighted by Crippen LogP contribution is 2.33. The third kappa shape index (κ3) is 6.41. The summed E-state index contributed by atoms with van der Waals surface area (Å²) < 4.78 is 22.9. The van der Waals surface area contributed by atoms with Crippen LogP contribution in [0.15, 0.2) is 0 Å². The Balaban J connectivity index is 4.26. The molecule has 0 spiro atoms. The number of sulfone groups is 1. The Morgan fingerprint density at radius 1 is 1.06 bits per heavy atom. The Morgan fingerprint density at radius 2 is 1.65 bits per heavy atom. The van der Waals surface area contributed by atoms with Crippen LogP contribution < -0.4 is 5.73 Å². The maximum Gasteiger partial charge on any atom is 0.150 e. The first-order chi connectivity index (χ1) is 7.95. The van der Waals surface area contributed by atoms with E-state index in [9.17, 15) is 8.42 Å². The molecule has 2 N–H and O–H groups in total. The van der Waals surface area contributed by atoms with Gasteiger partial charge < -0.3 is 5.73 Å². The summed E-state index contributed by atoms with van der Waals surface area (Å²) >= 11 is 0. The van der Waals surface area contributed by atoms with E-state index in [1.165, 1.54) is 12.8 Å². The van der Waals surface area contributed by atoms with Gasteiger partial charge in [-0.2, -0.15) is 0 Å². The van der Waals surface area contributed by atoms with E-state index in [1.807, 2.05) is 0 Å². The Morgan fingerprint density at radius 3 is 2.06 bits per heavy atom. The molecule has 0 amide bonds. The SMILES string of the molecule is CCCCC(CC)(CN)CCCS(=O)(=O)CC. The van der Waals surface area contributed by atoms with Gasteiger partial charge in [-0.05, 0) is 37.6 Å². The fourth-order valence-corrected chi connectivity index (χ4v) is 3.06. The highest BCUT2D eigenvalue weighted by molar-refractivity contribution is 7.91. The molecule has 0 aromatic carbocycles. The second kappa shape index (κ2) is 8.09. The van der Waals surface area contributed by atoms with Crippen molar-refractivity contribution in [1.82, 2.24) is 0 Å². The molecule has 17 heavy (non-hydrogen) atoms. The summed E-state index contributed by atoms with van der Waals surface area (Å²) in [4.78, 5) is 0. The molecular formula is C13H29NO2S. The fourth-order valence-electron chi connectivity index (χ4n) is 2.19. The van der Waals surface area contributed by atoms with Crippen LogP contribution in [0.2, 0.25) is 0 Å². The first-order valence-electron chi connectivity index (χ1n) is 6.85. The molecule has 0 fully saturated rings. The van der Waals surface area contributed by atoms with Crippen LogP contribution in [0.25, 0.3) is 0 Å². The zero-order valence-electron chi connectivity index (χ0n) is 11.7. The number of hydrogen-bond acceptors (Lipinski definition) is 3. The van der Waals surface area contributed by atoms with E-state index < -0.39 is 9.84 Å². The largest absolute Gasteiger partial charge is 0.330 e. The van der Waals surface area contributed by atoms with Crippen molar-refractivity contribution >= 4 is 9.84 Å². The molecule has 0 heterocycles. The Hall–Kier alpha value is -0.0900. The van der Waals surface area contributed by atoms with Crippen molar-refractivity contribution < 1.29 is 8.42 Å². The van der Waals surface area contributed by atoms with Crippen molar-refractivity contribution in [3.05, 3.63) is 0 Å². The Bertz CT molecular complexity index is 282. The van der Waals surface area contributed by atoms with Crippen LogP contribution in [-0.2, 0) is 9.84 Å². The van der Waals surface area contributed by atoms with Gasteiger partial charge in [0.05, 0.1) is 5.75 Å². The zero-order chi connectivity index (χ0) is 13.4. The van der Waals surface area contributed by atoms with Crippen LogP contribution in [0.3, 0.4) is 0 Å². The van der Waals surface area contributed by atoms with E-state index in [2.05, 4.69) is 13.8 Å². The lowest BCUT2D eigenvalue weighted by Crippen LogP contribution is -2.30. The summed E-state index contributed by atoms with van der Waals surface area (Å²) in [6, 6.07) is 0. The predicted octanol–water partition coefficient (Wildman–Crippen LogP) is 2.75. The third-order valence-corrected chi connectivity index (χ3v) is 5.64. The lowest BCUT2D eigenvalue weighted by Gasteiger charge is -2.31. The van der Waals surface area contributed by atoms with E-state index in [-0.39, 0.29) is 11.2 Å². The second-order valence-electron chi connectivity index (χ2n) is 5.00. The van der Waals surface area contributed by atoms with E-state index in [1.54, 1.807) is 6.92 Å². The normalized spacial score (nSPS) is 15.8. The Labute approximate surface area is 107 Å². The maximum atomic E-state index is 11.4. The van der Waals surface area contributed by atoms with Gasteiger partial charge in [0, 0.05) is 5.75 Å². The van der Waals surface area contributed by atoms with Gasteiger partial charge in [-0.25, -0.2) is 8.42 Å². The number of rotatable bonds is 10. The van der Waals surface area contributed by atoms with Gasteiger partial charge in [-0.3, -0.25) is 0 Å². The first kappa shape index (κ1) is 16.9. The molecule has 4 heteroatoms. The summed E-state index contributed by atoms with van der Waals surface area (Å²) in [5.74, 6) is 0.571. The lowest BCUT2D eigenvalue weighted by molar-refractivity contribution is 0.230. The summed E-state index contributed by atoms with van der Waals surface area (Å²) in [6.45, 7) is 6.73. The first-order valence-corrected chi connectivity index (χ1v) is 8.68. The minimum Gasteiger partial charge on any atom is -0.330 e. The van der Waals surface area contributed by atoms with Gasteiger partial charge in [0.1, 0.15) is 9.84 Å². The molecular weight excluding hydrogens is 234 g/mol. The molecule has 0 rings (SSSR count). The van der Waals surface area contributed by atoms with Gasteiger partial charge in [0.25, 0.3) is 0 Å². The molecule has 0 aromatic rings. The molecule has 0 aliphatic heterocycles. The molecule has 0 aromatic heterocycles. The molecule has 0 aliphatic rings. The van der Waals surface area contributed by atoms with Crippen molar-refractivity contribution in [2.75, 3.05) is 18.1 Å². The number of nitrogens with two attached hydrogens (primary N) is 1. The molecule has 3 nitrogen and oxygen atoms in total. The summed E-state index contributed by atoms with van der Waals surface area (Å²) in [6.07, 6.45) is 6.24. The molecule has 0 bridgehead atoms. The monoisotopic (exact) mass is 263 g/mol. The molecule has 104 valence electrons. The van der Waals surface area contributed by atoms with E-state index >= 15 is 0 Å². The van der Waals surface area contributed by atoms with Crippen LogP contribution in [0.1, 0.15) is 59.3 Å². The van der Waals surface area contributed by atoms with Crippen LogP contribution >= 0.6 is 0 Å². The average Bonchev–Trinajstić information content (AvgIpc) is 2.34. The second-order valence-corrected chi connectivity index (χ2v) is 7.47. The van der Waals surface area contributed by atoms with E-state index in [0.717, 1.165) is 25.7 Å². The highest BCUT2D eigenvalue weighted by atomic mass is 32.2. The summed E-state index contributed by atoms with van der Waals surface area (Å²) in [5.41, 5.74) is 6.06. The standard InChI is InChI=1S/C13H29NO2S/c1-4-7-9-13(5-2,12-14)10-8-11-17(15,16)6-3/h4-12,14H2,1-3H3. The molecule has 1 unspecified atom stereocenters. The third-order valence-electron chi connectivity index (χ3n) is 3.85. The van der Waals surface area contributed by atoms with Gasteiger partial charge in [-0.1, -0.05) is 33.6 Å². The maximum absolute atomic E-state index is 11.4. The van der Waals surface area contributed by atoms with Gasteiger partial charge in [0.15, 0.2) is 0 Å². The molecule has 1 atom stereocenters. The van der Waals surface area contributed by atoms with Crippen molar-refractivity contribution in [2.45, 2.75) is 59.3 Å². The van der Waals surface area contributed by atoms with Crippen LogP contribution in [0.4, 0.5) is 0 Å². The highest BCUT2D eigenvalue weighted by Gasteiger charge is 2.25. The van der Waals surface area contributed by atoms with Crippen molar-refractivity contribution in [1.29, 1.82) is 0 Å². The van der Waals surface area contributed by atoms with E-state index in [0.29, 0.717) is 12.3 Å². The van der Waals surface area contributed by atoms with Gasteiger partial charge in [0.2, 0.25) is 0 Å². The summed E-state index contributed by atoms with van der Waals surface area (Å²) in [7, 11) is -2.82. The number of unbranched alkanes of at least 4 members (excludes halogenated alkanes) is 1. The average molecular weight is 263 g/mol. The van der Waals surface area contributed by atoms with Gasteiger partial charge >= 0.3 is 0 Å². The van der Waals surface area contributed by atoms with Crippen molar-refractivity contribution in [2.24, 2.45) is 11.1 Å². The molecule has 0 saturated heterocycles. The van der Waals surface area contributed by atoms with Crippen LogP contribution in [-0.4, -0.2) is 26.5 Å². The van der Waals surface area contributed by atoms with Gasteiger partial charge in [-0.15, -0.1) is 0 Å². The molecule has 0 radical (unpaired) electrons. The lowest BCUT2D eigenvalue weighted by atomic mass is 9.76. The predicted molar refractivity (Wildman–Crippen MR) is 74.9 cm³/mol. The Kier molecular flexibility index (Phi) is 8.05. The zero-order valence-corrected chi connectivity index (χ0v) is 12.5. The smallest absolute Gasteiger partial charge is 0.150 e. The van der Waals surface area contributed by atoms with Crippen molar-refractivity contribution in [3.63, 3.8) is 0 Å². The van der Waals surface area contributed by atoms with Crippen LogP contribution in [0, 0.1) is 5.41 Å². The van der Waals surface area contributed by atoms with E-state index in [4.69, 9.17) is 5.73 Å². The number of hydrogen-bond donors (Lipinski definition) is 1. The molecule has 0 aliphatic carbocycles. The minimum atomic E-state index is -2.82. The molecule has 0 saturated carbocycles. The summed E-state index contributed by atoms with van der Waals surface area (Å²) in [5, 5.41) is 0. The quantitative estimate of drug-likeness (QED) is 0.659.